The van der Waals surface area contributed by atoms with Gasteiger partial charge in [0.15, 0.2) is 0 Å². The van der Waals surface area contributed by atoms with Gasteiger partial charge in [0.25, 0.3) is 0 Å². The molecule has 5 heteroatoms. The third-order valence-corrected chi connectivity index (χ3v) is 2.74. The fourth-order valence-electron chi connectivity index (χ4n) is 1.39. The van der Waals surface area contributed by atoms with E-state index >= 15 is 0 Å². The number of aliphatic hydroxyl groups is 1. The first-order valence-electron chi connectivity index (χ1n) is 4.83. The first-order valence-corrected chi connectivity index (χ1v) is 4.83. The van der Waals surface area contributed by atoms with Crippen molar-refractivity contribution < 1.29 is 15.0 Å². The number of aryl methyl sites for hydroxylation is 1. The maximum Gasteiger partial charge on any atom is 0.306 e. The number of aromatic nitrogens is 2. The summed E-state index contributed by atoms with van der Waals surface area (Å²) in [5.74, 6) is -1.82. The molecule has 2 N–H and O–H groups in total. The van der Waals surface area contributed by atoms with Gasteiger partial charge >= 0.3 is 5.97 Å². The Bertz CT molecular complexity index is 348. The van der Waals surface area contributed by atoms with Gasteiger partial charge < -0.3 is 10.2 Å². The van der Waals surface area contributed by atoms with Gasteiger partial charge in [-0.15, -0.1) is 0 Å². The molecule has 15 heavy (non-hydrogen) atoms. The third-order valence-electron chi connectivity index (χ3n) is 2.74. The number of aliphatic carboxylic acids is 1. The van der Waals surface area contributed by atoms with Gasteiger partial charge in [-0.3, -0.25) is 9.48 Å². The molecular weight excluding hydrogens is 196 g/mol. The van der Waals surface area contributed by atoms with E-state index < -0.39 is 18.0 Å². The first kappa shape index (κ1) is 11.7. The van der Waals surface area contributed by atoms with E-state index in [9.17, 15) is 9.90 Å². The zero-order chi connectivity index (χ0) is 11.6. The summed E-state index contributed by atoms with van der Waals surface area (Å²) in [7, 11) is 1.75. The normalized spacial score (nSPS) is 17.1. The predicted molar refractivity (Wildman–Crippen MR) is 54.1 cm³/mol. The Morgan fingerprint density at radius 2 is 2.13 bits per heavy atom. The van der Waals surface area contributed by atoms with Gasteiger partial charge in [-0.1, -0.05) is 13.8 Å². The smallest absolute Gasteiger partial charge is 0.306 e. The molecule has 0 aromatic carbocycles. The number of nitrogens with zero attached hydrogens (tertiary/aromatic N) is 2. The molecule has 0 fully saturated rings. The van der Waals surface area contributed by atoms with Crippen molar-refractivity contribution in [1.82, 2.24) is 9.78 Å². The van der Waals surface area contributed by atoms with Crippen LogP contribution in [0.25, 0.3) is 0 Å². The molecule has 1 rings (SSSR count). The molecule has 0 saturated carbocycles. The van der Waals surface area contributed by atoms with Crippen LogP contribution in [0.3, 0.4) is 0 Å². The number of carbonyl (C=O) groups is 1. The molecular formula is C10H16N2O3. The van der Waals surface area contributed by atoms with Crippen molar-refractivity contribution >= 4 is 5.97 Å². The van der Waals surface area contributed by atoms with E-state index in [2.05, 4.69) is 5.10 Å². The summed E-state index contributed by atoms with van der Waals surface area (Å²) in [6.07, 6.45) is 2.45. The highest BCUT2D eigenvalue weighted by Crippen LogP contribution is 2.27. The highest BCUT2D eigenvalue weighted by Gasteiger charge is 2.27. The van der Waals surface area contributed by atoms with E-state index in [1.807, 2.05) is 0 Å². The van der Waals surface area contributed by atoms with E-state index in [1.54, 1.807) is 38.0 Å². The molecule has 0 bridgehead atoms. The number of hydrogen-bond acceptors (Lipinski definition) is 3. The summed E-state index contributed by atoms with van der Waals surface area (Å²) in [6, 6.07) is 0. The molecule has 1 aromatic rings. The molecule has 1 heterocycles. The van der Waals surface area contributed by atoms with Crippen molar-refractivity contribution in [3.8, 4) is 0 Å². The summed E-state index contributed by atoms with van der Waals surface area (Å²) in [5, 5.41) is 22.7. The lowest BCUT2D eigenvalue weighted by molar-refractivity contribution is -0.144. The van der Waals surface area contributed by atoms with Crippen LogP contribution in [0.5, 0.6) is 0 Å². The molecule has 0 aliphatic carbocycles. The molecule has 0 saturated heterocycles. The fourth-order valence-corrected chi connectivity index (χ4v) is 1.39. The zero-order valence-corrected chi connectivity index (χ0v) is 9.08. The number of rotatable bonds is 4. The van der Waals surface area contributed by atoms with Gasteiger partial charge in [-0.2, -0.15) is 5.10 Å². The highest BCUT2D eigenvalue weighted by molar-refractivity contribution is 5.69. The number of aliphatic hydroxyl groups excluding tert-OH is 1. The molecule has 0 aliphatic rings. The van der Waals surface area contributed by atoms with Gasteiger partial charge in [0, 0.05) is 18.8 Å². The topological polar surface area (TPSA) is 75.3 Å². The van der Waals surface area contributed by atoms with Gasteiger partial charge in [-0.05, 0) is 5.92 Å². The van der Waals surface area contributed by atoms with Gasteiger partial charge in [-0.25, -0.2) is 0 Å². The van der Waals surface area contributed by atoms with Crippen molar-refractivity contribution in [1.29, 1.82) is 0 Å². The molecule has 0 aliphatic heterocycles. The minimum atomic E-state index is -0.898. The average molecular weight is 212 g/mol. The second kappa shape index (κ2) is 4.44. The maximum atomic E-state index is 10.7. The average Bonchev–Trinajstić information content (AvgIpc) is 2.61. The molecule has 3 unspecified atom stereocenters. The molecule has 0 amide bonds. The zero-order valence-electron chi connectivity index (χ0n) is 9.08. The van der Waals surface area contributed by atoms with Crippen LogP contribution in [-0.4, -0.2) is 26.0 Å². The molecule has 1 aromatic heterocycles. The Morgan fingerprint density at radius 1 is 1.53 bits per heavy atom. The van der Waals surface area contributed by atoms with E-state index in [0.29, 0.717) is 5.56 Å². The Hall–Kier alpha value is -1.36. The third kappa shape index (κ3) is 2.56. The largest absolute Gasteiger partial charge is 0.481 e. The standard InChI is InChI=1S/C10H16N2O3/c1-6(7(2)10(14)15)9(13)8-4-11-12(3)5-8/h4-7,9,13H,1-3H3,(H,14,15). The quantitative estimate of drug-likeness (QED) is 0.774. The van der Waals surface area contributed by atoms with Crippen molar-refractivity contribution in [2.24, 2.45) is 18.9 Å². The van der Waals surface area contributed by atoms with Crippen LogP contribution in [-0.2, 0) is 11.8 Å². The summed E-state index contributed by atoms with van der Waals surface area (Å²) in [6.45, 7) is 3.31. The minimum absolute atomic E-state index is 0.341. The van der Waals surface area contributed by atoms with Crippen molar-refractivity contribution in [3.05, 3.63) is 18.0 Å². The van der Waals surface area contributed by atoms with Crippen molar-refractivity contribution in [2.45, 2.75) is 20.0 Å². The van der Waals surface area contributed by atoms with Crippen molar-refractivity contribution in [2.75, 3.05) is 0 Å². The molecule has 3 atom stereocenters. The molecule has 5 nitrogen and oxygen atoms in total. The fraction of sp³-hybridized carbons (Fsp3) is 0.600. The van der Waals surface area contributed by atoms with Crippen LogP contribution in [0.2, 0.25) is 0 Å². The second-order valence-corrected chi connectivity index (χ2v) is 3.88. The molecule has 0 radical (unpaired) electrons. The Labute approximate surface area is 88.3 Å². The summed E-state index contributed by atoms with van der Waals surface area (Å²) in [4.78, 5) is 10.7. The van der Waals surface area contributed by atoms with E-state index in [4.69, 9.17) is 5.11 Å². The summed E-state index contributed by atoms with van der Waals surface area (Å²) >= 11 is 0. The van der Waals surface area contributed by atoms with Crippen LogP contribution in [0.15, 0.2) is 12.4 Å². The number of hydrogen-bond donors (Lipinski definition) is 2. The van der Waals surface area contributed by atoms with Crippen LogP contribution in [0.1, 0.15) is 25.5 Å². The van der Waals surface area contributed by atoms with E-state index in [1.165, 1.54) is 0 Å². The maximum absolute atomic E-state index is 10.7. The van der Waals surface area contributed by atoms with E-state index in [-0.39, 0.29) is 5.92 Å². The summed E-state index contributed by atoms with van der Waals surface area (Å²) < 4.78 is 1.58. The van der Waals surface area contributed by atoms with Gasteiger partial charge in [0.1, 0.15) is 0 Å². The summed E-state index contributed by atoms with van der Waals surface area (Å²) in [5.41, 5.74) is 0.651. The van der Waals surface area contributed by atoms with Crippen LogP contribution >= 0.6 is 0 Å². The Balaban J connectivity index is 2.76. The molecule has 84 valence electrons. The lowest BCUT2D eigenvalue weighted by Gasteiger charge is -2.21. The SMILES string of the molecule is CC(C(=O)O)C(C)C(O)c1cnn(C)c1. The lowest BCUT2D eigenvalue weighted by Crippen LogP contribution is -2.23. The van der Waals surface area contributed by atoms with Crippen molar-refractivity contribution in [3.63, 3.8) is 0 Å². The monoisotopic (exact) mass is 212 g/mol. The van der Waals surface area contributed by atoms with Crippen LogP contribution in [0, 0.1) is 11.8 Å². The minimum Gasteiger partial charge on any atom is -0.481 e. The highest BCUT2D eigenvalue weighted by atomic mass is 16.4. The number of carboxylic acids is 1. The van der Waals surface area contributed by atoms with Gasteiger partial charge in [0.05, 0.1) is 18.2 Å². The van der Waals surface area contributed by atoms with Crippen LogP contribution in [0.4, 0.5) is 0 Å². The molecule has 0 spiro atoms. The second-order valence-electron chi connectivity index (χ2n) is 3.88. The van der Waals surface area contributed by atoms with Crippen LogP contribution < -0.4 is 0 Å². The Kier molecular flexibility index (Phi) is 3.47. The van der Waals surface area contributed by atoms with E-state index in [0.717, 1.165) is 0 Å². The number of carboxylic acid groups (broad SMARTS) is 1. The predicted octanol–water partition coefficient (Wildman–Crippen LogP) is 0.810. The first-order chi connectivity index (χ1) is 6.93. The van der Waals surface area contributed by atoms with Gasteiger partial charge in [0.2, 0.25) is 0 Å². The Morgan fingerprint density at radius 3 is 2.53 bits per heavy atom. The lowest BCUT2D eigenvalue weighted by atomic mass is 9.88.